The van der Waals surface area contributed by atoms with Gasteiger partial charge in [0, 0.05) is 24.3 Å². The molecule has 1 unspecified atom stereocenters. The number of aryl methyl sites for hydroxylation is 1. The summed E-state index contributed by atoms with van der Waals surface area (Å²) < 4.78 is 18.0. The van der Waals surface area contributed by atoms with Crippen LogP contribution in [0.4, 0.5) is 5.95 Å². The number of rotatable bonds is 8. The minimum absolute atomic E-state index is 0.106. The summed E-state index contributed by atoms with van der Waals surface area (Å²) in [7, 11) is 4.89. The van der Waals surface area contributed by atoms with Gasteiger partial charge in [-0.25, -0.2) is 4.68 Å². The smallest absolute Gasteiger partial charge is 0.226 e. The molecule has 8 heteroatoms. The summed E-state index contributed by atoms with van der Waals surface area (Å²) in [4.78, 5) is 4.66. The second-order valence-electron chi connectivity index (χ2n) is 7.12. The van der Waals surface area contributed by atoms with Crippen LogP contribution in [0.3, 0.4) is 0 Å². The van der Waals surface area contributed by atoms with Crippen LogP contribution >= 0.6 is 0 Å². The number of aliphatic hydroxyl groups is 1. The normalized spacial score (nSPS) is 15.0. The van der Waals surface area contributed by atoms with Crippen molar-refractivity contribution in [3.63, 3.8) is 0 Å². The van der Waals surface area contributed by atoms with Crippen molar-refractivity contribution in [2.24, 2.45) is 0 Å². The molecule has 2 N–H and O–H groups in total. The van der Waals surface area contributed by atoms with Gasteiger partial charge >= 0.3 is 0 Å². The fourth-order valence-electron chi connectivity index (χ4n) is 3.59. The van der Waals surface area contributed by atoms with Gasteiger partial charge in [-0.05, 0) is 48.4 Å². The number of hydrogen-bond donors (Lipinski definition) is 2. The molecular formula is C23H26N4O4. The zero-order chi connectivity index (χ0) is 21.8. The fraction of sp³-hybridized carbons (Fsp3) is 0.304. The first-order chi connectivity index (χ1) is 15.2. The average Bonchev–Trinajstić information content (AvgIpc) is 3.24. The van der Waals surface area contributed by atoms with Crippen molar-refractivity contribution >= 4 is 11.6 Å². The van der Waals surface area contributed by atoms with Crippen molar-refractivity contribution in [2.45, 2.75) is 18.9 Å². The molecule has 2 heterocycles. The van der Waals surface area contributed by atoms with Crippen LogP contribution in [0.5, 0.6) is 17.2 Å². The molecule has 4 rings (SSSR count). The van der Waals surface area contributed by atoms with E-state index >= 15 is 0 Å². The van der Waals surface area contributed by atoms with Gasteiger partial charge in [-0.15, -0.1) is 0 Å². The molecule has 162 valence electrons. The number of allylic oxidation sites excluding steroid dienone is 1. The molecule has 0 saturated heterocycles. The Morgan fingerprint density at radius 3 is 2.45 bits per heavy atom. The zero-order valence-corrected chi connectivity index (χ0v) is 17.8. The first kappa shape index (κ1) is 20.7. The number of ether oxygens (including phenoxy) is 3. The van der Waals surface area contributed by atoms with E-state index in [1.54, 1.807) is 21.3 Å². The molecule has 1 aromatic heterocycles. The van der Waals surface area contributed by atoms with E-state index < -0.39 is 0 Å². The Morgan fingerprint density at radius 2 is 1.77 bits per heavy atom. The number of nitrogens with one attached hydrogen (secondary N) is 1. The predicted molar refractivity (Wildman–Crippen MR) is 118 cm³/mol. The maximum absolute atomic E-state index is 9.17. The molecule has 3 aromatic rings. The maximum atomic E-state index is 9.17. The second-order valence-corrected chi connectivity index (χ2v) is 7.12. The van der Waals surface area contributed by atoms with Crippen molar-refractivity contribution in [2.75, 3.05) is 33.3 Å². The molecule has 1 aliphatic rings. The number of aliphatic hydroxyl groups excluding tert-OH is 1. The van der Waals surface area contributed by atoms with Crippen molar-refractivity contribution < 1.29 is 19.3 Å². The van der Waals surface area contributed by atoms with Crippen LogP contribution in [0.2, 0.25) is 0 Å². The lowest BCUT2D eigenvalue weighted by Gasteiger charge is -2.25. The summed E-state index contributed by atoms with van der Waals surface area (Å²) in [5.74, 6) is 3.46. The highest BCUT2D eigenvalue weighted by Crippen LogP contribution is 2.36. The first-order valence-corrected chi connectivity index (χ1v) is 10.1. The molecule has 1 atom stereocenters. The standard InChI is InChI=1S/C23H26N4O4/c1-29-17-9-6-15(7-10-17)19-14-18(16-8-11-20(30-2)21(13-16)31-3)24-23-25-22(5-4-12-28)26-27(19)23/h6-11,13-14,19,28H,4-5,12H2,1-3H3,(H,24,25,26). The minimum Gasteiger partial charge on any atom is -0.497 e. The van der Waals surface area contributed by atoms with Gasteiger partial charge in [-0.3, -0.25) is 0 Å². The average molecular weight is 422 g/mol. The van der Waals surface area contributed by atoms with Gasteiger partial charge in [0.2, 0.25) is 5.95 Å². The number of fused-ring (bicyclic) bond motifs is 1. The van der Waals surface area contributed by atoms with E-state index in [0.717, 1.165) is 22.6 Å². The number of nitrogens with zero attached hydrogens (tertiary/aromatic N) is 3. The highest BCUT2D eigenvalue weighted by atomic mass is 16.5. The molecule has 0 aliphatic carbocycles. The summed E-state index contributed by atoms with van der Waals surface area (Å²) in [5.41, 5.74) is 2.90. The van der Waals surface area contributed by atoms with Crippen molar-refractivity contribution in [3.05, 3.63) is 65.5 Å². The number of aromatic nitrogens is 3. The van der Waals surface area contributed by atoms with Gasteiger partial charge in [0.05, 0.1) is 21.3 Å². The van der Waals surface area contributed by atoms with Crippen molar-refractivity contribution in [3.8, 4) is 17.2 Å². The third-order valence-electron chi connectivity index (χ3n) is 5.22. The third kappa shape index (κ3) is 4.20. The Morgan fingerprint density at radius 1 is 1.00 bits per heavy atom. The van der Waals surface area contributed by atoms with E-state index in [2.05, 4.69) is 21.5 Å². The largest absolute Gasteiger partial charge is 0.497 e. The fourth-order valence-corrected chi connectivity index (χ4v) is 3.59. The number of methoxy groups -OCH3 is 3. The van der Waals surface area contributed by atoms with Crippen molar-refractivity contribution in [1.82, 2.24) is 14.8 Å². The molecule has 0 bridgehead atoms. The summed E-state index contributed by atoms with van der Waals surface area (Å²) >= 11 is 0. The number of benzene rings is 2. The van der Waals surface area contributed by atoms with Gasteiger partial charge in [-0.1, -0.05) is 12.1 Å². The summed E-state index contributed by atoms with van der Waals surface area (Å²) in [5, 5.41) is 17.2. The predicted octanol–water partition coefficient (Wildman–Crippen LogP) is 3.28. The summed E-state index contributed by atoms with van der Waals surface area (Å²) in [6, 6.07) is 13.6. The molecule has 8 nitrogen and oxygen atoms in total. The van der Waals surface area contributed by atoms with Crippen molar-refractivity contribution in [1.29, 1.82) is 0 Å². The first-order valence-electron chi connectivity index (χ1n) is 10.1. The van der Waals surface area contributed by atoms with Gasteiger partial charge in [0.25, 0.3) is 0 Å². The van der Waals surface area contributed by atoms with Crippen LogP contribution in [0.25, 0.3) is 5.70 Å². The quantitative estimate of drug-likeness (QED) is 0.576. The van der Waals surface area contributed by atoms with Crippen LogP contribution in [0.15, 0.2) is 48.5 Å². The van der Waals surface area contributed by atoms with E-state index in [9.17, 15) is 5.11 Å². The van der Waals surface area contributed by atoms with E-state index in [1.165, 1.54) is 0 Å². The topological polar surface area (TPSA) is 90.7 Å². The van der Waals surface area contributed by atoms with E-state index in [4.69, 9.17) is 14.2 Å². The van der Waals surface area contributed by atoms with Crippen LogP contribution in [-0.4, -0.2) is 47.8 Å². The van der Waals surface area contributed by atoms with E-state index in [1.807, 2.05) is 47.1 Å². The molecule has 0 fully saturated rings. The third-order valence-corrected chi connectivity index (χ3v) is 5.22. The van der Waals surface area contributed by atoms with E-state index in [-0.39, 0.29) is 12.6 Å². The molecule has 2 aromatic carbocycles. The Kier molecular flexibility index (Phi) is 6.08. The highest BCUT2D eigenvalue weighted by molar-refractivity contribution is 5.78. The van der Waals surface area contributed by atoms with Gasteiger partial charge in [-0.2, -0.15) is 10.1 Å². The Balaban J connectivity index is 1.76. The SMILES string of the molecule is COc1ccc(C2C=C(c3ccc(OC)c(OC)c3)Nc3nc(CCCO)nn32)cc1. The molecule has 0 amide bonds. The minimum atomic E-state index is -0.152. The number of anilines is 1. The van der Waals surface area contributed by atoms with Gasteiger partial charge in [0.1, 0.15) is 11.8 Å². The number of hydrogen-bond acceptors (Lipinski definition) is 7. The zero-order valence-electron chi connectivity index (χ0n) is 17.8. The Bertz CT molecular complexity index is 1080. The molecule has 31 heavy (non-hydrogen) atoms. The molecule has 0 spiro atoms. The second kappa shape index (κ2) is 9.09. The monoisotopic (exact) mass is 422 g/mol. The van der Waals surface area contributed by atoms with Gasteiger partial charge in [0.15, 0.2) is 17.3 Å². The molecule has 0 saturated carbocycles. The highest BCUT2D eigenvalue weighted by Gasteiger charge is 2.25. The molecule has 1 aliphatic heterocycles. The van der Waals surface area contributed by atoms with Crippen LogP contribution < -0.4 is 19.5 Å². The lowest BCUT2D eigenvalue weighted by Crippen LogP contribution is -2.20. The van der Waals surface area contributed by atoms with Gasteiger partial charge < -0.3 is 24.6 Å². The summed E-state index contributed by atoms with van der Waals surface area (Å²) in [6.07, 6.45) is 3.34. The Labute approximate surface area is 181 Å². The van der Waals surface area contributed by atoms with Crippen LogP contribution in [0, 0.1) is 0 Å². The lowest BCUT2D eigenvalue weighted by atomic mass is 10.0. The molecule has 0 radical (unpaired) electrons. The Hall–Kier alpha value is -3.52. The summed E-state index contributed by atoms with van der Waals surface area (Å²) in [6.45, 7) is 0.106. The lowest BCUT2D eigenvalue weighted by molar-refractivity contribution is 0.287. The maximum Gasteiger partial charge on any atom is 0.226 e. The van der Waals surface area contributed by atoms with Crippen LogP contribution in [0.1, 0.15) is 29.4 Å². The van der Waals surface area contributed by atoms with Crippen LogP contribution in [-0.2, 0) is 6.42 Å². The molecular weight excluding hydrogens is 396 g/mol. The van der Waals surface area contributed by atoms with E-state index in [0.29, 0.717) is 36.1 Å².